The van der Waals surface area contributed by atoms with E-state index in [1.54, 1.807) is 0 Å². The highest BCUT2D eigenvalue weighted by molar-refractivity contribution is 7.45. The van der Waals surface area contributed by atoms with Crippen LogP contribution in [-0.2, 0) is 23.1 Å². The average Bonchev–Trinajstić information content (AvgIpc) is 2.94. The zero-order valence-corrected chi connectivity index (χ0v) is 29.0. The fraction of sp³-hybridized carbons (Fsp3) is 0.853. The number of quaternary nitrogens is 1. The van der Waals surface area contributed by atoms with Crippen LogP contribution < -0.4 is 4.89 Å². The first-order valence-corrected chi connectivity index (χ1v) is 18.6. The first kappa shape index (κ1) is 42.0. The molecule has 0 radical (unpaired) electrons. The number of likely N-dealkylation sites (N-methyl/N-ethyl adjacent to an activating group) is 1. The Bertz CT molecular complexity index is 752. The van der Waals surface area contributed by atoms with Crippen molar-refractivity contribution in [3.05, 3.63) is 24.3 Å². The van der Waals surface area contributed by atoms with Crippen molar-refractivity contribution in [2.75, 3.05) is 47.5 Å². The van der Waals surface area contributed by atoms with Crippen LogP contribution in [-0.4, -0.2) is 69.2 Å². The van der Waals surface area contributed by atoms with Crippen LogP contribution in [0.2, 0.25) is 0 Å². The Labute approximate surface area is 264 Å². The molecule has 0 aliphatic heterocycles. The van der Waals surface area contributed by atoms with E-state index < -0.39 is 20.5 Å². The number of allylic oxidation sites excluding steroid dienone is 4. The third-order valence-electron chi connectivity index (χ3n) is 7.20. The first-order chi connectivity index (χ1) is 20.6. The van der Waals surface area contributed by atoms with Crippen LogP contribution in [0.1, 0.15) is 135 Å². The fourth-order valence-corrected chi connectivity index (χ4v) is 5.18. The lowest BCUT2D eigenvalue weighted by Gasteiger charge is -2.27. The van der Waals surface area contributed by atoms with Gasteiger partial charge in [0.25, 0.3) is 7.82 Å². The van der Waals surface area contributed by atoms with Gasteiger partial charge in [-0.15, -0.1) is 0 Å². The van der Waals surface area contributed by atoms with Crippen molar-refractivity contribution < 1.29 is 37.6 Å². The maximum atomic E-state index is 11.9. The Hall–Kier alpha value is -1.02. The van der Waals surface area contributed by atoms with Crippen molar-refractivity contribution in [3.63, 3.8) is 0 Å². The second-order valence-electron chi connectivity index (χ2n) is 12.7. The summed E-state index contributed by atoms with van der Waals surface area (Å²) in [5, 5.41) is 9.85. The zero-order valence-electron chi connectivity index (χ0n) is 28.1. The number of ether oxygens (including phenoxy) is 1. The summed E-state index contributed by atoms with van der Waals surface area (Å²) < 4.78 is 26.8. The second-order valence-corrected chi connectivity index (χ2v) is 14.1. The van der Waals surface area contributed by atoms with Crippen LogP contribution in [0.3, 0.4) is 0 Å². The van der Waals surface area contributed by atoms with Crippen LogP contribution >= 0.6 is 7.82 Å². The summed E-state index contributed by atoms with van der Waals surface area (Å²) in [5.41, 5.74) is 0. The number of aliphatic hydroxyl groups is 1. The molecule has 0 bridgehead atoms. The van der Waals surface area contributed by atoms with Crippen LogP contribution in [0, 0.1) is 0 Å². The number of esters is 1. The lowest BCUT2D eigenvalue weighted by atomic mass is 10.0. The molecule has 0 amide bonds. The number of hydrogen-bond donors (Lipinski definition) is 1. The van der Waals surface area contributed by atoms with Gasteiger partial charge in [0.05, 0.1) is 27.7 Å². The van der Waals surface area contributed by atoms with Crippen LogP contribution in [0.15, 0.2) is 24.3 Å². The minimum absolute atomic E-state index is 0.00828. The number of carbonyl (C=O) groups excluding carboxylic acids is 1. The van der Waals surface area contributed by atoms with Crippen LogP contribution in [0.4, 0.5) is 0 Å². The van der Waals surface area contributed by atoms with Crippen LogP contribution in [0.25, 0.3) is 0 Å². The van der Waals surface area contributed by atoms with Crippen molar-refractivity contribution in [1.82, 2.24) is 0 Å². The van der Waals surface area contributed by atoms with Gasteiger partial charge >= 0.3 is 5.97 Å². The number of carbonyl (C=O) groups is 1. The van der Waals surface area contributed by atoms with Crippen molar-refractivity contribution in [1.29, 1.82) is 0 Å². The molecule has 0 saturated heterocycles. The molecule has 2 unspecified atom stereocenters. The van der Waals surface area contributed by atoms with Gasteiger partial charge in [-0.1, -0.05) is 115 Å². The molecule has 0 aromatic heterocycles. The monoisotopic (exact) mass is 631 g/mol. The third kappa shape index (κ3) is 33.7. The number of rotatable bonds is 31. The molecule has 43 heavy (non-hydrogen) atoms. The Morgan fingerprint density at radius 3 is 1.74 bits per heavy atom. The minimum atomic E-state index is -4.50. The summed E-state index contributed by atoms with van der Waals surface area (Å²) in [5.74, 6) is -0.389. The molecule has 8 nitrogen and oxygen atoms in total. The average molecular weight is 632 g/mol. The van der Waals surface area contributed by atoms with Gasteiger partial charge in [-0.3, -0.25) is 9.36 Å². The van der Waals surface area contributed by atoms with E-state index in [1.807, 2.05) is 21.1 Å². The molecular weight excluding hydrogens is 565 g/mol. The van der Waals surface area contributed by atoms with Gasteiger partial charge in [-0.25, -0.2) is 0 Å². The Morgan fingerprint density at radius 2 is 1.23 bits per heavy atom. The zero-order chi connectivity index (χ0) is 32.1. The van der Waals surface area contributed by atoms with E-state index in [0.29, 0.717) is 17.4 Å². The largest absolute Gasteiger partial charge is 0.756 e. The van der Waals surface area contributed by atoms with E-state index in [4.69, 9.17) is 9.26 Å². The molecule has 0 aromatic carbocycles. The molecule has 254 valence electrons. The number of phosphoric ester groups is 1. The van der Waals surface area contributed by atoms with Gasteiger partial charge in [0.2, 0.25) is 0 Å². The van der Waals surface area contributed by atoms with Crippen molar-refractivity contribution in [2.24, 2.45) is 0 Å². The summed E-state index contributed by atoms with van der Waals surface area (Å²) in [6, 6.07) is 0. The van der Waals surface area contributed by atoms with Gasteiger partial charge in [0.1, 0.15) is 25.9 Å². The van der Waals surface area contributed by atoms with Gasteiger partial charge in [-0.05, 0) is 38.5 Å². The topological polar surface area (TPSA) is 105 Å². The lowest BCUT2D eigenvalue weighted by Crippen LogP contribution is -2.37. The van der Waals surface area contributed by atoms with Crippen molar-refractivity contribution in [2.45, 2.75) is 141 Å². The summed E-state index contributed by atoms with van der Waals surface area (Å²) >= 11 is 0. The van der Waals surface area contributed by atoms with Gasteiger partial charge in [0.15, 0.2) is 0 Å². The van der Waals surface area contributed by atoms with E-state index in [1.165, 1.54) is 96.3 Å². The molecular formula is C34H66NO7P. The molecule has 0 heterocycles. The molecule has 0 aromatic rings. The van der Waals surface area contributed by atoms with Gasteiger partial charge in [-0.2, -0.15) is 0 Å². The number of nitrogens with zero attached hydrogens (tertiary/aromatic N) is 1. The van der Waals surface area contributed by atoms with Crippen molar-refractivity contribution >= 4 is 13.8 Å². The number of unbranched alkanes of at least 4 members (excludes halogenated alkanes) is 16. The molecule has 9 heteroatoms. The molecule has 0 spiro atoms. The highest BCUT2D eigenvalue weighted by Crippen LogP contribution is 2.38. The Kier molecular flexibility index (Phi) is 27.8. The molecule has 2 atom stereocenters. The van der Waals surface area contributed by atoms with E-state index in [9.17, 15) is 19.4 Å². The first-order valence-electron chi connectivity index (χ1n) is 17.1. The van der Waals surface area contributed by atoms with Crippen molar-refractivity contribution in [3.8, 4) is 0 Å². The SMILES string of the molecule is CCCCCCC/C=C\C/C=C\CCCCCCCCCCCCCC(=O)OCC(O)COP(=O)([O-])OCC[N+](C)(C)C. The van der Waals surface area contributed by atoms with Crippen LogP contribution in [0.5, 0.6) is 0 Å². The normalized spacial score (nSPS) is 14.5. The highest BCUT2D eigenvalue weighted by Gasteiger charge is 2.16. The quantitative estimate of drug-likeness (QED) is 0.0271. The van der Waals surface area contributed by atoms with E-state index in [0.717, 1.165) is 25.7 Å². The van der Waals surface area contributed by atoms with E-state index in [2.05, 4.69) is 35.8 Å². The smallest absolute Gasteiger partial charge is 0.305 e. The summed E-state index contributed by atoms with van der Waals surface area (Å²) in [4.78, 5) is 23.6. The highest BCUT2D eigenvalue weighted by atomic mass is 31.2. The van der Waals surface area contributed by atoms with E-state index in [-0.39, 0.29) is 19.2 Å². The number of aliphatic hydroxyl groups excluding tert-OH is 1. The minimum Gasteiger partial charge on any atom is -0.756 e. The molecule has 0 aliphatic rings. The fourth-order valence-electron chi connectivity index (χ4n) is 4.45. The molecule has 0 fully saturated rings. The number of hydrogen-bond acceptors (Lipinski definition) is 7. The summed E-state index contributed by atoms with van der Waals surface area (Å²) in [6.07, 6.45) is 31.8. The maximum absolute atomic E-state index is 11.9. The lowest BCUT2D eigenvalue weighted by molar-refractivity contribution is -0.870. The molecule has 1 N–H and O–H groups in total. The van der Waals surface area contributed by atoms with E-state index >= 15 is 0 Å². The predicted octanol–water partition coefficient (Wildman–Crippen LogP) is 8.03. The maximum Gasteiger partial charge on any atom is 0.305 e. The molecule has 0 saturated carbocycles. The third-order valence-corrected chi connectivity index (χ3v) is 8.17. The molecule has 0 aliphatic carbocycles. The predicted molar refractivity (Wildman–Crippen MR) is 176 cm³/mol. The van der Waals surface area contributed by atoms with Gasteiger partial charge in [0, 0.05) is 6.42 Å². The molecule has 0 rings (SSSR count). The summed E-state index contributed by atoms with van der Waals surface area (Å²) in [6.45, 7) is 1.94. The standard InChI is InChI=1S/C34H66NO7P/c1-5-6-7-8-9-10-11-12-13-14-15-16-17-18-19-20-21-22-23-24-25-26-27-28-34(37)40-31-33(36)32-42-43(38,39)41-30-29-35(2,3)4/h11-12,14-15,33,36H,5-10,13,16-32H2,1-4H3/b12-11-,15-14-. The second kappa shape index (κ2) is 28.5. The number of phosphoric acid groups is 1. The Balaban J connectivity index is 3.47. The van der Waals surface area contributed by atoms with Gasteiger partial charge < -0.3 is 28.3 Å². The summed E-state index contributed by atoms with van der Waals surface area (Å²) in [7, 11) is 1.25. The Morgan fingerprint density at radius 1 is 0.744 bits per heavy atom.